The molecule has 0 amide bonds. The van der Waals surface area contributed by atoms with Crippen molar-refractivity contribution in [1.82, 2.24) is 0 Å². The number of benzene rings is 2. The lowest BCUT2D eigenvalue weighted by Crippen LogP contribution is -3.00. The van der Waals surface area contributed by atoms with Gasteiger partial charge in [-0.3, -0.25) is 0 Å². The molecule has 0 nitrogen and oxygen atoms in total. The molecule has 3 rings (SSSR count). The fourth-order valence-corrected chi connectivity index (χ4v) is 4.15. The molecule has 2 aromatic carbocycles. The largest absolute Gasteiger partial charge is 1.00 e. The highest BCUT2D eigenvalue weighted by Gasteiger charge is 2.10. The molecule has 0 radical (unpaired) electrons. The van der Waals surface area contributed by atoms with Crippen molar-refractivity contribution in [2.75, 3.05) is 0 Å². The Morgan fingerprint density at radius 2 is 1.87 bits per heavy atom. The van der Waals surface area contributed by atoms with Crippen LogP contribution in [0.1, 0.15) is 5.56 Å². The van der Waals surface area contributed by atoms with Crippen LogP contribution in [0.4, 0.5) is 0 Å². The molecule has 0 aliphatic carbocycles. The second-order valence-corrected chi connectivity index (χ2v) is 5.54. The first-order valence-electron chi connectivity index (χ1n) is 4.55. The van der Waals surface area contributed by atoms with Crippen molar-refractivity contribution in [2.45, 2.75) is 6.92 Å². The average molecular weight is 344 g/mol. The van der Waals surface area contributed by atoms with Gasteiger partial charge in [-0.25, -0.2) is 0 Å². The molecule has 0 fully saturated rings. The number of rotatable bonds is 0. The van der Waals surface area contributed by atoms with E-state index in [1.54, 1.807) is 0 Å². The lowest BCUT2D eigenvalue weighted by atomic mass is 10.0. The van der Waals surface area contributed by atoms with E-state index in [-0.39, 0.29) is 24.0 Å². The van der Waals surface area contributed by atoms with Gasteiger partial charge in [0, 0.05) is 5.39 Å². The summed E-state index contributed by atoms with van der Waals surface area (Å²) in [5.74, 6) is 0. The first-order valence-corrected chi connectivity index (χ1v) is 6.76. The number of hydrogen-bond acceptors (Lipinski definition) is 1. The van der Waals surface area contributed by atoms with Gasteiger partial charge in [0.1, 0.15) is 4.70 Å². The first kappa shape index (κ1) is 11.2. The molecule has 0 spiro atoms. The van der Waals surface area contributed by atoms with Gasteiger partial charge in [-0.15, -0.1) is 0 Å². The van der Waals surface area contributed by atoms with E-state index in [9.17, 15) is 0 Å². The second kappa shape index (κ2) is 4.31. The first-order chi connectivity index (χ1) is 6.86. The van der Waals surface area contributed by atoms with E-state index in [0.29, 0.717) is 0 Å². The van der Waals surface area contributed by atoms with Crippen molar-refractivity contribution in [1.29, 1.82) is 0 Å². The van der Waals surface area contributed by atoms with Crippen LogP contribution < -0.4 is 24.0 Å². The van der Waals surface area contributed by atoms with Gasteiger partial charge in [0.25, 0.3) is 10.3 Å². The van der Waals surface area contributed by atoms with Crippen molar-refractivity contribution in [3.05, 3.63) is 41.3 Å². The molecular formula is C12H9IS2. The van der Waals surface area contributed by atoms with Gasteiger partial charge in [-0.05, 0) is 23.9 Å². The summed E-state index contributed by atoms with van der Waals surface area (Å²) in [6, 6.07) is 10.9. The lowest BCUT2D eigenvalue weighted by Gasteiger charge is -2.00. The lowest BCUT2D eigenvalue weighted by molar-refractivity contribution is -0.00000255. The van der Waals surface area contributed by atoms with Crippen LogP contribution in [0, 0.1) is 6.92 Å². The molecule has 0 aliphatic heterocycles. The molecule has 3 aromatic rings. The average Bonchev–Trinajstić information content (AvgIpc) is 2.66. The van der Waals surface area contributed by atoms with Crippen LogP contribution in [0.25, 0.3) is 20.9 Å². The summed E-state index contributed by atoms with van der Waals surface area (Å²) >= 11 is 0. The van der Waals surface area contributed by atoms with Crippen molar-refractivity contribution >= 4 is 41.5 Å². The summed E-state index contributed by atoms with van der Waals surface area (Å²) in [6.07, 6.45) is 0. The van der Waals surface area contributed by atoms with Crippen molar-refractivity contribution in [3.63, 3.8) is 0 Å². The molecule has 0 atom stereocenters. The molecule has 0 aliphatic rings. The predicted octanol–water partition coefficient (Wildman–Crippen LogP) is 1.71. The fraction of sp³-hybridized carbons (Fsp3) is 0.0833. The second-order valence-electron chi connectivity index (χ2n) is 3.45. The third-order valence-corrected chi connectivity index (χ3v) is 4.68. The van der Waals surface area contributed by atoms with E-state index in [4.69, 9.17) is 0 Å². The molecule has 76 valence electrons. The number of hydrogen-bond donors (Lipinski definition) is 0. The van der Waals surface area contributed by atoms with E-state index in [1.165, 1.54) is 26.4 Å². The molecule has 0 saturated carbocycles. The summed E-state index contributed by atoms with van der Waals surface area (Å²) in [5, 5.41) is 6.40. The van der Waals surface area contributed by atoms with Gasteiger partial charge >= 0.3 is 0 Å². The molecule has 0 bridgehead atoms. The molecule has 0 saturated heterocycles. The highest BCUT2D eigenvalue weighted by molar-refractivity contribution is 7.72. The Labute approximate surface area is 113 Å². The number of aryl methyl sites for hydroxylation is 1. The van der Waals surface area contributed by atoms with Crippen LogP contribution in [-0.2, 0) is 0 Å². The highest BCUT2D eigenvalue weighted by Crippen LogP contribution is 2.34. The standard InChI is InChI=1S/C12H9S2.HI/c1-8-6-9-7-13-14-12(9)11-5-3-2-4-10(8)11;/h2-7H,1H3;1H/q+1;/p-1. The normalized spacial score (nSPS) is 10.5. The summed E-state index contributed by atoms with van der Waals surface area (Å²) in [6.45, 7) is 2.18. The maximum atomic E-state index is 2.28. The van der Waals surface area contributed by atoms with Crippen LogP contribution in [0.15, 0.2) is 35.7 Å². The fourth-order valence-electron chi connectivity index (χ4n) is 1.86. The van der Waals surface area contributed by atoms with Gasteiger partial charge in [-0.1, -0.05) is 24.3 Å². The summed E-state index contributed by atoms with van der Waals surface area (Å²) in [7, 11) is 3.69. The van der Waals surface area contributed by atoms with Crippen LogP contribution in [-0.4, -0.2) is 0 Å². The minimum atomic E-state index is 0. The van der Waals surface area contributed by atoms with E-state index < -0.39 is 0 Å². The van der Waals surface area contributed by atoms with E-state index in [1.807, 2.05) is 20.7 Å². The quantitative estimate of drug-likeness (QED) is 0.331. The molecule has 15 heavy (non-hydrogen) atoms. The Kier molecular flexibility index (Phi) is 3.23. The monoisotopic (exact) mass is 344 g/mol. The smallest absolute Gasteiger partial charge is 0.292 e. The van der Waals surface area contributed by atoms with Gasteiger partial charge in [0.15, 0.2) is 10.3 Å². The zero-order valence-electron chi connectivity index (χ0n) is 8.16. The van der Waals surface area contributed by atoms with Gasteiger partial charge < -0.3 is 24.0 Å². The van der Waals surface area contributed by atoms with Crippen LogP contribution in [0.2, 0.25) is 0 Å². The van der Waals surface area contributed by atoms with Gasteiger partial charge in [-0.2, -0.15) is 0 Å². The maximum Gasteiger partial charge on any atom is 0.292 e. The molecule has 3 heteroatoms. The highest BCUT2D eigenvalue weighted by atomic mass is 127. The third-order valence-electron chi connectivity index (χ3n) is 2.54. The Bertz CT molecular complexity index is 613. The van der Waals surface area contributed by atoms with E-state index >= 15 is 0 Å². The predicted molar refractivity (Wildman–Crippen MR) is 66.4 cm³/mol. The van der Waals surface area contributed by atoms with E-state index in [2.05, 4.69) is 42.6 Å². The molecule has 1 aromatic heterocycles. The minimum absolute atomic E-state index is 0. The Morgan fingerprint density at radius 1 is 1.13 bits per heavy atom. The minimum Gasteiger partial charge on any atom is -1.00 e. The maximum absolute atomic E-state index is 2.28. The molecule has 0 unspecified atom stereocenters. The summed E-state index contributed by atoms with van der Waals surface area (Å²) in [5.41, 5.74) is 1.37. The zero-order valence-corrected chi connectivity index (χ0v) is 11.9. The van der Waals surface area contributed by atoms with Crippen LogP contribution in [0.5, 0.6) is 0 Å². The van der Waals surface area contributed by atoms with Gasteiger partial charge in [0.05, 0.1) is 5.39 Å². The number of halogens is 1. The zero-order chi connectivity index (χ0) is 9.54. The third kappa shape index (κ3) is 1.77. The van der Waals surface area contributed by atoms with Crippen LogP contribution in [0.3, 0.4) is 0 Å². The Hall–Kier alpha value is -0.260. The van der Waals surface area contributed by atoms with E-state index in [0.717, 1.165) is 0 Å². The topological polar surface area (TPSA) is 0 Å². The molecular weight excluding hydrogens is 335 g/mol. The Morgan fingerprint density at radius 3 is 2.67 bits per heavy atom. The molecule has 0 N–H and O–H groups in total. The van der Waals surface area contributed by atoms with Crippen LogP contribution >= 0.6 is 20.7 Å². The number of fused-ring (bicyclic) bond motifs is 3. The van der Waals surface area contributed by atoms with Gasteiger partial charge in [0.2, 0.25) is 5.38 Å². The van der Waals surface area contributed by atoms with Crippen molar-refractivity contribution < 1.29 is 24.0 Å². The Balaban J connectivity index is 0.000000853. The summed E-state index contributed by atoms with van der Waals surface area (Å²) in [4.78, 5) is 0. The SMILES string of the molecule is Cc1cc2c[s+]sc2c2ccccc12.[I-]. The molecule has 1 heterocycles. The van der Waals surface area contributed by atoms with Crippen molar-refractivity contribution in [2.24, 2.45) is 0 Å². The van der Waals surface area contributed by atoms with Crippen molar-refractivity contribution in [3.8, 4) is 0 Å². The summed E-state index contributed by atoms with van der Waals surface area (Å²) < 4.78 is 1.43.